The SMILES string of the molecule is CC(C)C(O)CCNC(=O)c1ncn(-c2ccccc2)n1. The first kappa shape index (κ1) is 15.2. The van der Waals surface area contributed by atoms with Gasteiger partial charge in [-0.15, -0.1) is 5.10 Å². The number of para-hydroxylation sites is 1. The first-order valence-electron chi connectivity index (χ1n) is 7.01. The second-order valence-corrected chi connectivity index (χ2v) is 5.20. The summed E-state index contributed by atoms with van der Waals surface area (Å²) in [6, 6.07) is 9.47. The van der Waals surface area contributed by atoms with E-state index in [-0.39, 0.29) is 17.6 Å². The summed E-state index contributed by atoms with van der Waals surface area (Å²) in [5, 5.41) is 16.5. The first-order chi connectivity index (χ1) is 10.1. The Balaban J connectivity index is 1.91. The molecule has 0 saturated heterocycles. The van der Waals surface area contributed by atoms with Crippen LogP contribution in [0, 0.1) is 5.92 Å². The van der Waals surface area contributed by atoms with E-state index in [9.17, 15) is 9.90 Å². The maximum absolute atomic E-state index is 11.9. The van der Waals surface area contributed by atoms with Crippen LogP contribution < -0.4 is 5.32 Å². The van der Waals surface area contributed by atoms with E-state index in [1.165, 1.54) is 6.33 Å². The Morgan fingerprint density at radius 1 is 1.33 bits per heavy atom. The zero-order valence-electron chi connectivity index (χ0n) is 12.2. The van der Waals surface area contributed by atoms with Gasteiger partial charge in [-0.1, -0.05) is 32.0 Å². The fraction of sp³-hybridized carbons (Fsp3) is 0.400. The van der Waals surface area contributed by atoms with Gasteiger partial charge in [0.25, 0.3) is 5.91 Å². The van der Waals surface area contributed by atoms with Gasteiger partial charge in [0, 0.05) is 6.54 Å². The summed E-state index contributed by atoms with van der Waals surface area (Å²) in [5.41, 5.74) is 0.847. The van der Waals surface area contributed by atoms with Gasteiger partial charge in [-0.3, -0.25) is 4.79 Å². The lowest BCUT2D eigenvalue weighted by Gasteiger charge is -2.13. The van der Waals surface area contributed by atoms with Crippen LogP contribution in [0.3, 0.4) is 0 Å². The standard InChI is InChI=1S/C15H20N4O2/c1-11(2)13(20)8-9-16-15(21)14-17-10-19(18-14)12-6-4-3-5-7-12/h3-7,10-11,13,20H,8-9H2,1-2H3,(H,16,21). The Labute approximate surface area is 123 Å². The van der Waals surface area contributed by atoms with E-state index in [1.807, 2.05) is 44.2 Å². The number of hydrogen-bond donors (Lipinski definition) is 2. The molecule has 1 aromatic heterocycles. The molecular weight excluding hydrogens is 268 g/mol. The summed E-state index contributed by atoms with van der Waals surface area (Å²) in [4.78, 5) is 15.9. The van der Waals surface area contributed by atoms with Crippen molar-refractivity contribution < 1.29 is 9.90 Å². The fourth-order valence-corrected chi connectivity index (χ4v) is 1.82. The molecule has 0 radical (unpaired) electrons. The van der Waals surface area contributed by atoms with Crippen LogP contribution in [0.5, 0.6) is 0 Å². The number of aromatic nitrogens is 3. The van der Waals surface area contributed by atoms with Crippen molar-refractivity contribution >= 4 is 5.91 Å². The second-order valence-electron chi connectivity index (χ2n) is 5.20. The third-order valence-electron chi connectivity index (χ3n) is 3.21. The molecule has 2 N–H and O–H groups in total. The van der Waals surface area contributed by atoms with Crippen LogP contribution in [0.4, 0.5) is 0 Å². The normalized spacial score (nSPS) is 12.4. The number of amides is 1. The second kappa shape index (κ2) is 6.99. The highest BCUT2D eigenvalue weighted by atomic mass is 16.3. The van der Waals surface area contributed by atoms with Gasteiger partial charge in [-0.05, 0) is 24.5 Å². The maximum Gasteiger partial charge on any atom is 0.290 e. The molecular formula is C15H20N4O2. The quantitative estimate of drug-likeness (QED) is 0.842. The van der Waals surface area contributed by atoms with E-state index in [0.717, 1.165) is 5.69 Å². The van der Waals surface area contributed by atoms with Crippen LogP contribution >= 0.6 is 0 Å². The molecule has 6 nitrogen and oxygen atoms in total. The van der Waals surface area contributed by atoms with Gasteiger partial charge >= 0.3 is 0 Å². The zero-order chi connectivity index (χ0) is 15.2. The highest BCUT2D eigenvalue weighted by Gasteiger charge is 2.13. The van der Waals surface area contributed by atoms with E-state index >= 15 is 0 Å². The first-order valence-corrected chi connectivity index (χ1v) is 7.01. The van der Waals surface area contributed by atoms with Crippen molar-refractivity contribution in [2.45, 2.75) is 26.4 Å². The monoisotopic (exact) mass is 288 g/mol. The summed E-state index contributed by atoms with van der Waals surface area (Å²) in [5.74, 6) is -0.0316. The number of aliphatic hydroxyl groups excluding tert-OH is 1. The van der Waals surface area contributed by atoms with Crippen LogP contribution in [-0.4, -0.2) is 38.4 Å². The van der Waals surface area contributed by atoms with Gasteiger partial charge in [0.2, 0.25) is 5.82 Å². The lowest BCUT2D eigenvalue weighted by molar-refractivity contribution is 0.0910. The molecule has 1 atom stereocenters. The Bertz CT molecular complexity index is 580. The van der Waals surface area contributed by atoms with Gasteiger partial charge in [-0.25, -0.2) is 9.67 Å². The number of carbonyl (C=O) groups excluding carboxylic acids is 1. The summed E-state index contributed by atoms with van der Waals surface area (Å²) in [7, 11) is 0. The molecule has 0 spiro atoms. The Morgan fingerprint density at radius 3 is 2.71 bits per heavy atom. The molecule has 0 aliphatic heterocycles. The van der Waals surface area contributed by atoms with E-state index in [2.05, 4.69) is 15.4 Å². The molecule has 2 aromatic rings. The topological polar surface area (TPSA) is 80.0 Å². The van der Waals surface area contributed by atoms with Crippen LogP contribution in [0.1, 0.15) is 30.9 Å². The minimum absolute atomic E-state index is 0.123. The van der Waals surface area contributed by atoms with Gasteiger partial charge in [0.15, 0.2) is 0 Å². The minimum atomic E-state index is -0.417. The summed E-state index contributed by atoms with van der Waals surface area (Å²) >= 11 is 0. The molecule has 1 unspecified atom stereocenters. The van der Waals surface area contributed by atoms with E-state index in [4.69, 9.17) is 0 Å². The summed E-state index contributed by atoms with van der Waals surface area (Å²) in [6.07, 6.45) is 1.61. The number of nitrogens with one attached hydrogen (secondary N) is 1. The summed E-state index contributed by atoms with van der Waals surface area (Å²) in [6.45, 7) is 4.28. The highest BCUT2D eigenvalue weighted by Crippen LogP contribution is 2.06. The number of nitrogens with zero attached hydrogens (tertiary/aromatic N) is 3. The number of hydrogen-bond acceptors (Lipinski definition) is 4. The number of benzene rings is 1. The van der Waals surface area contributed by atoms with Gasteiger partial charge in [-0.2, -0.15) is 0 Å². The molecule has 1 amide bonds. The van der Waals surface area contributed by atoms with Crippen LogP contribution in [0.2, 0.25) is 0 Å². The van der Waals surface area contributed by atoms with E-state index in [1.54, 1.807) is 4.68 Å². The van der Waals surface area contributed by atoms with Crippen molar-refractivity contribution in [1.29, 1.82) is 0 Å². The van der Waals surface area contributed by atoms with Crippen LogP contribution in [0.25, 0.3) is 5.69 Å². The van der Waals surface area contributed by atoms with Crippen LogP contribution in [-0.2, 0) is 0 Å². The molecule has 2 rings (SSSR count). The zero-order valence-corrected chi connectivity index (χ0v) is 12.2. The summed E-state index contributed by atoms with van der Waals surface area (Å²) < 4.78 is 1.55. The van der Waals surface area contributed by atoms with E-state index < -0.39 is 6.10 Å². The smallest absolute Gasteiger partial charge is 0.290 e. The van der Waals surface area contributed by atoms with Crippen molar-refractivity contribution in [1.82, 2.24) is 20.1 Å². The van der Waals surface area contributed by atoms with Crippen molar-refractivity contribution in [3.05, 3.63) is 42.5 Å². The molecule has 1 aromatic carbocycles. The number of rotatable bonds is 6. The Kier molecular flexibility index (Phi) is 5.05. The average molecular weight is 288 g/mol. The van der Waals surface area contributed by atoms with E-state index in [0.29, 0.717) is 13.0 Å². The third kappa shape index (κ3) is 4.13. The molecule has 6 heteroatoms. The molecule has 0 aliphatic carbocycles. The molecule has 112 valence electrons. The molecule has 0 bridgehead atoms. The van der Waals surface area contributed by atoms with Gasteiger partial charge in [0.05, 0.1) is 11.8 Å². The largest absolute Gasteiger partial charge is 0.393 e. The molecule has 0 saturated carbocycles. The average Bonchev–Trinajstić information content (AvgIpc) is 2.97. The number of aliphatic hydroxyl groups is 1. The van der Waals surface area contributed by atoms with Crippen molar-refractivity contribution in [3.63, 3.8) is 0 Å². The molecule has 21 heavy (non-hydrogen) atoms. The van der Waals surface area contributed by atoms with Crippen molar-refractivity contribution in [3.8, 4) is 5.69 Å². The third-order valence-corrected chi connectivity index (χ3v) is 3.21. The minimum Gasteiger partial charge on any atom is -0.393 e. The molecule has 0 fully saturated rings. The Morgan fingerprint density at radius 2 is 2.05 bits per heavy atom. The molecule has 1 heterocycles. The predicted molar refractivity (Wildman–Crippen MR) is 79.2 cm³/mol. The fourth-order valence-electron chi connectivity index (χ4n) is 1.82. The lowest BCUT2D eigenvalue weighted by atomic mass is 10.0. The Hall–Kier alpha value is -2.21. The molecule has 0 aliphatic rings. The van der Waals surface area contributed by atoms with Crippen molar-refractivity contribution in [2.24, 2.45) is 5.92 Å². The van der Waals surface area contributed by atoms with Crippen LogP contribution in [0.15, 0.2) is 36.7 Å². The maximum atomic E-state index is 11.9. The van der Waals surface area contributed by atoms with Gasteiger partial charge < -0.3 is 10.4 Å². The van der Waals surface area contributed by atoms with Crippen molar-refractivity contribution in [2.75, 3.05) is 6.54 Å². The highest BCUT2D eigenvalue weighted by molar-refractivity contribution is 5.90. The number of carbonyl (C=O) groups is 1. The predicted octanol–water partition coefficient (Wildman–Crippen LogP) is 1.40. The lowest BCUT2D eigenvalue weighted by Crippen LogP contribution is -2.29. The van der Waals surface area contributed by atoms with Gasteiger partial charge in [0.1, 0.15) is 6.33 Å².